The molecule has 2 rings (SSSR count). The number of ether oxygens (including phenoxy) is 2. The number of hydrogen-bond acceptors (Lipinski definition) is 6. The molecule has 0 aliphatic heterocycles. The second-order valence-corrected chi connectivity index (χ2v) is 4.38. The summed E-state index contributed by atoms with van der Waals surface area (Å²) in [6, 6.07) is 5.50. The number of rotatable bonds is 6. The highest BCUT2D eigenvalue weighted by Gasteiger charge is 2.17. The second-order valence-electron chi connectivity index (χ2n) is 4.38. The summed E-state index contributed by atoms with van der Waals surface area (Å²) in [5, 5.41) is 11.8. The van der Waals surface area contributed by atoms with Crippen molar-refractivity contribution in [2.75, 3.05) is 19.5 Å². The van der Waals surface area contributed by atoms with E-state index in [2.05, 4.69) is 15.5 Å². The Hall–Kier alpha value is -2.15. The zero-order valence-corrected chi connectivity index (χ0v) is 11.9. The quantitative estimate of drug-likeness (QED) is 0.802. The lowest BCUT2D eigenvalue weighted by molar-refractivity contribution is 0.0614. The Labute approximate surface area is 117 Å². The minimum Gasteiger partial charge on any atom is -0.494 e. The van der Waals surface area contributed by atoms with E-state index in [9.17, 15) is 0 Å². The Balaban J connectivity index is 2.35. The van der Waals surface area contributed by atoms with Crippen molar-refractivity contribution in [3.63, 3.8) is 0 Å². The molecule has 7 heteroatoms. The molecule has 108 valence electrons. The highest BCUT2D eigenvalue weighted by Crippen LogP contribution is 2.33. The first-order valence-electron chi connectivity index (χ1n) is 6.48. The first-order valence-corrected chi connectivity index (χ1v) is 6.48. The van der Waals surface area contributed by atoms with E-state index in [-0.39, 0.29) is 6.10 Å². The minimum atomic E-state index is 0.0225. The van der Waals surface area contributed by atoms with Crippen molar-refractivity contribution >= 4 is 5.69 Å². The molecule has 1 heterocycles. The van der Waals surface area contributed by atoms with E-state index in [0.717, 1.165) is 5.56 Å². The molecule has 1 atom stereocenters. The van der Waals surface area contributed by atoms with Crippen molar-refractivity contribution in [1.29, 1.82) is 0 Å². The molecule has 1 aromatic heterocycles. The molecule has 20 heavy (non-hydrogen) atoms. The molecule has 1 unspecified atom stereocenters. The van der Waals surface area contributed by atoms with E-state index < -0.39 is 0 Å². The van der Waals surface area contributed by atoms with Crippen molar-refractivity contribution < 1.29 is 9.47 Å². The van der Waals surface area contributed by atoms with Gasteiger partial charge in [0, 0.05) is 6.61 Å². The largest absolute Gasteiger partial charge is 0.494 e. The first-order chi connectivity index (χ1) is 9.67. The fourth-order valence-electron chi connectivity index (χ4n) is 2.06. The maximum absolute atomic E-state index is 5.91. The van der Waals surface area contributed by atoms with Crippen molar-refractivity contribution in [1.82, 2.24) is 20.2 Å². The molecular formula is C13H19N5O2. The van der Waals surface area contributed by atoms with Crippen LogP contribution in [0.15, 0.2) is 18.2 Å². The number of nitrogens with two attached hydrogens (primary N) is 1. The monoisotopic (exact) mass is 277 g/mol. The van der Waals surface area contributed by atoms with E-state index in [4.69, 9.17) is 15.2 Å². The molecule has 0 aliphatic rings. The number of nitrogen functional groups attached to an aromatic ring is 1. The second kappa shape index (κ2) is 6.33. The molecule has 0 bridgehead atoms. The summed E-state index contributed by atoms with van der Waals surface area (Å²) in [6.45, 7) is 5.15. The summed E-state index contributed by atoms with van der Waals surface area (Å²) in [7, 11) is 1.58. The van der Waals surface area contributed by atoms with Crippen LogP contribution in [0.1, 0.15) is 13.8 Å². The predicted molar refractivity (Wildman–Crippen MR) is 75.3 cm³/mol. The lowest BCUT2D eigenvalue weighted by Crippen LogP contribution is -2.18. The van der Waals surface area contributed by atoms with E-state index >= 15 is 0 Å². The van der Waals surface area contributed by atoms with Gasteiger partial charge < -0.3 is 15.2 Å². The summed E-state index contributed by atoms with van der Waals surface area (Å²) in [5.74, 6) is 1.19. The zero-order valence-electron chi connectivity index (χ0n) is 11.9. The number of methoxy groups -OCH3 is 1. The Bertz CT molecular complexity index is 570. The molecule has 0 spiro atoms. The van der Waals surface area contributed by atoms with E-state index in [1.54, 1.807) is 17.9 Å². The third-order valence-electron chi connectivity index (χ3n) is 2.90. The number of anilines is 1. The third-order valence-corrected chi connectivity index (χ3v) is 2.90. The molecule has 0 radical (unpaired) electrons. The number of tetrazole rings is 1. The smallest absolute Gasteiger partial charge is 0.185 e. The van der Waals surface area contributed by atoms with Crippen molar-refractivity contribution in [2.24, 2.45) is 0 Å². The third kappa shape index (κ3) is 2.88. The lowest BCUT2D eigenvalue weighted by atomic mass is 10.1. The molecule has 0 fully saturated rings. The van der Waals surface area contributed by atoms with Crippen LogP contribution in [-0.4, -0.2) is 40.0 Å². The average molecular weight is 277 g/mol. The van der Waals surface area contributed by atoms with Gasteiger partial charge in [0.25, 0.3) is 0 Å². The maximum atomic E-state index is 5.91. The van der Waals surface area contributed by atoms with Crippen LogP contribution in [0.3, 0.4) is 0 Å². The SMILES string of the molecule is CCOC(C)Cn1nnnc1-c1cccc(N)c1OC. The summed E-state index contributed by atoms with van der Waals surface area (Å²) in [5.41, 5.74) is 7.23. The van der Waals surface area contributed by atoms with Gasteiger partial charge in [0.2, 0.25) is 0 Å². The maximum Gasteiger partial charge on any atom is 0.185 e. The van der Waals surface area contributed by atoms with E-state index in [1.807, 2.05) is 26.0 Å². The topological polar surface area (TPSA) is 88.1 Å². The number of benzene rings is 1. The van der Waals surface area contributed by atoms with Crippen LogP contribution in [0.25, 0.3) is 11.4 Å². The molecule has 1 aromatic carbocycles. The lowest BCUT2D eigenvalue weighted by Gasteiger charge is -2.14. The van der Waals surface area contributed by atoms with Crippen LogP contribution in [0, 0.1) is 0 Å². The van der Waals surface area contributed by atoms with Gasteiger partial charge in [-0.05, 0) is 36.4 Å². The van der Waals surface area contributed by atoms with Gasteiger partial charge in [-0.1, -0.05) is 6.07 Å². The van der Waals surface area contributed by atoms with Gasteiger partial charge in [-0.15, -0.1) is 5.10 Å². The number of aromatic nitrogens is 4. The standard InChI is InChI=1S/C13H19N5O2/c1-4-20-9(2)8-18-13(15-16-17-18)10-6-5-7-11(14)12(10)19-3/h5-7,9H,4,8,14H2,1-3H3. The van der Waals surface area contributed by atoms with Crippen LogP contribution in [0.4, 0.5) is 5.69 Å². The number of hydrogen-bond donors (Lipinski definition) is 1. The summed E-state index contributed by atoms with van der Waals surface area (Å²) in [6.07, 6.45) is 0.0225. The molecule has 0 aliphatic carbocycles. The Kier molecular flexibility index (Phi) is 4.52. The predicted octanol–water partition coefficient (Wildman–Crippen LogP) is 1.36. The summed E-state index contributed by atoms with van der Waals surface area (Å²) >= 11 is 0. The van der Waals surface area contributed by atoms with Crippen LogP contribution in [-0.2, 0) is 11.3 Å². The normalized spacial score (nSPS) is 12.3. The average Bonchev–Trinajstić information content (AvgIpc) is 2.86. The highest BCUT2D eigenvalue weighted by molar-refractivity contribution is 5.73. The number of para-hydroxylation sites is 1. The Morgan fingerprint density at radius 2 is 2.20 bits per heavy atom. The van der Waals surface area contributed by atoms with Gasteiger partial charge >= 0.3 is 0 Å². The molecule has 2 N–H and O–H groups in total. The van der Waals surface area contributed by atoms with Gasteiger partial charge in [-0.3, -0.25) is 0 Å². The van der Waals surface area contributed by atoms with Crippen molar-refractivity contribution in [2.45, 2.75) is 26.5 Å². The van der Waals surface area contributed by atoms with Crippen LogP contribution >= 0.6 is 0 Å². The van der Waals surface area contributed by atoms with Crippen LogP contribution in [0.5, 0.6) is 5.75 Å². The zero-order chi connectivity index (χ0) is 14.5. The van der Waals surface area contributed by atoms with Crippen LogP contribution in [0.2, 0.25) is 0 Å². The fraction of sp³-hybridized carbons (Fsp3) is 0.462. The van der Waals surface area contributed by atoms with Gasteiger partial charge in [0.15, 0.2) is 11.6 Å². The van der Waals surface area contributed by atoms with Gasteiger partial charge in [0.05, 0.1) is 31.0 Å². The molecule has 7 nitrogen and oxygen atoms in total. The summed E-state index contributed by atoms with van der Waals surface area (Å²) < 4.78 is 12.5. The van der Waals surface area contributed by atoms with Crippen molar-refractivity contribution in [3.05, 3.63) is 18.2 Å². The van der Waals surface area contributed by atoms with Gasteiger partial charge in [-0.2, -0.15) is 0 Å². The van der Waals surface area contributed by atoms with E-state index in [0.29, 0.717) is 30.4 Å². The molecule has 0 saturated carbocycles. The first kappa shape index (κ1) is 14.3. The Morgan fingerprint density at radius 3 is 2.90 bits per heavy atom. The molecule has 2 aromatic rings. The van der Waals surface area contributed by atoms with E-state index in [1.165, 1.54) is 0 Å². The summed E-state index contributed by atoms with van der Waals surface area (Å²) in [4.78, 5) is 0. The minimum absolute atomic E-state index is 0.0225. The molecule has 0 amide bonds. The highest BCUT2D eigenvalue weighted by atomic mass is 16.5. The van der Waals surface area contributed by atoms with Crippen LogP contribution < -0.4 is 10.5 Å². The molecule has 0 saturated heterocycles. The van der Waals surface area contributed by atoms with Gasteiger partial charge in [-0.25, -0.2) is 4.68 Å². The fourth-order valence-corrected chi connectivity index (χ4v) is 2.06. The number of nitrogens with zero attached hydrogens (tertiary/aromatic N) is 4. The van der Waals surface area contributed by atoms with Gasteiger partial charge in [0.1, 0.15) is 0 Å². The van der Waals surface area contributed by atoms with Crippen molar-refractivity contribution in [3.8, 4) is 17.1 Å². The Morgan fingerprint density at radius 1 is 1.40 bits per heavy atom. The molecular weight excluding hydrogens is 258 g/mol.